The number of nitrogens with one attached hydrogen (secondary N) is 1. The Morgan fingerprint density at radius 3 is 2.41 bits per heavy atom. The number of urea groups is 1. The summed E-state index contributed by atoms with van der Waals surface area (Å²) < 4.78 is 5.73. The average molecular weight is 402 g/mol. The smallest absolute Gasteiger partial charge is 0.325 e. The maximum Gasteiger partial charge on any atom is 0.325 e. The van der Waals surface area contributed by atoms with Crippen molar-refractivity contribution in [2.24, 2.45) is 5.73 Å². The fourth-order valence-electron chi connectivity index (χ4n) is 3.41. The highest BCUT2D eigenvalue weighted by Gasteiger charge is 2.68. The Balaban J connectivity index is 2.54. The molecule has 10 heteroatoms. The molecule has 0 aromatic carbocycles. The van der Waals surface area contributed by atoms with Gasteiger partial charge in [-0.3, -0.25) is 15.4 Å². The summed E-state index contributed by atoms with van der Waals surface area (Å²) in [5, 5.41) is 32.4. The minimum atomic E-state index is -2.74. The van der Waals surface area contributed by atoms with Crippen LogP contribution in [0.2, 0.25) is 18.1 Å². The Hall–Kier alpha value is -1.30. The summed E-state index contributed by atoms with van der Waals surface area (Å²) in [5.41, 5.74) is 4.24. The first-order valence-corrected chi connectivity index (χ1v) is 11.9. The molecule has 27 heavy (non-hydrogen) atoms. The van der Waals surface area contributed by atoms with Crippen LogP contribution in [0, 0.1) is 0 Å². The summed E-state index contributed by atoms with van der Waals surface area (Å²) in [6.07, 6.45) is -1.07. The number of aliphatic hydroxyl groups is 3. The predicted octanol–water partition coefficient (Wildman–Crippen LogP) is -0.374. The van der Waals surface area contributed by atoms with Gasteiger partial charge in [0.1, 0.15) is 17.4 Å². The number of ether oxygens (including phenoxy) is 1. The Morgan fingerprint density at radius 1 is 1.44 bits per heavy atom. The highest BCUT2D eigenvalue weighted by atomic mass is 28.3. The average Bonchev–Trinajstić information content (AvgIpc) is 2.79. The highest BCUT2D eigenvalue weighted by molar-refractivity contribution is 6.83. The van der Waals surface area contributed by atoms with E-state index in [0.29, 0.717) is 0 Å². The van der Waals surface area contributed by atoms with Crippen molar-refractivity contribution in [3.63, 3.8) is 0 Å². The van der Waals surface area contributed by atoms with Gasteiger partial charge in [0.15, 0.2) is 17.7 Å². The van der Waals surface area contributed by atoms with E-state index in [1.165, 1.54) is 19.2 Å². The molecule has 0 spiro atoms. The number of nitrogens with zero attached hydrogens (tertiary/aromatic N) is 1. The van der Waals surface area contributed by atoms with E-state index in [9.17, 15) is 24.9 Å². The third kappa shape index (κ3) is 3.14. The first-order valence-electron chi connectivity index (χ1n) is 8.90. The first-order chi connectivity index (χ1) is 12.1. The molecule has 1 fully saturated rings. The molecule has 6 N–H and O–H groups in total. The van der Waals surface area contributed by atoms with Gasteiger partial charge in [0.05, 0.1) is 14.7 Å². The predicted molar refractivity (Wildman–Crippen MR) is 101 cm³/mol. The van der Waals surface area contributed by atoms with Crippen LogP contribution in [-0.2, 0) is 9.53 Å². The van der Waals surface area contributed by atoms with Crippen molar-refractivity contribution in [3.05, 3.63) is 12.3 Å². The van der Waals surface area contributed by atoms with Gasteiger partial charge in [-0.05, 0) is 18.0 Å². The molecule has 154 valence electrons. The van der Waals surface area contributed by atoms with Crippen LogP contribution < -0.4 is 11.1 Å². The fourth-order valence-corrected chi connectivity index (χ4v) is 6.36. The van der Waals surface area contributed by atoms with Crippen LogP contribution in [0.3, 0.4) is 0 Å². The number of carbonyl (C=O) groups excluding carboxylic acids is 2. The molecule has 0 aliphatic carbocycles. The summed E-state index contributed by atoms with van der Waals surface area (Å²) in [7, 11) is -2.74. The zero-order chi connectivity index (χ0) is 21.0. The van der Waals surface area contributed by atoms with Gasteiger partial charge >= 0.3 is 6.03 Å². The molecule has 0 aromatic heterocycles. The lowest BCUT2D eigenvalue weighted by Crippen LogP contribution is -2.74. The lowest BCUT2D eigenvalue weighted by atomic mass is 10.1. The second-order valence-corrected chi connectivity index (χ2v) is 14.5. The molecular formula is C17H31N3O6Si. The topological polar surface area (TPSA) is 145 Å². The van der Waals surface area contributed by atoms with E-state index in [1.54, 1.807) is 0 Å². The largest absolute Gasteiger partial charge is 0.394 e. The minimum absolute atomic E-state index is 0.359. The Kier molecular flexibility index (Phi) is 5.41. The molecule has 5 atom stereocenters. The summed E-state index contributed by atoms with van der Waals surface area (Å²) in [4.78, 5) is 25.5. The molecule has 9 nitrogen and oxygen atoms in total. The number of rotatable bonds is 4. The van der Waals surface area contributed by atoms with Crippen molar-refractivity contribution in [2.75, 3.05) is 6.61 Å². The number of nitrogens with two attached hydrogens (primary N) is 1. The lowest BCUT2D eigenvalue weighted by molar-refractivity contribution is -0.122. The van der Waals surface area contributed by atoms with Crippen LogP contribution in [0.4, 0.5) is 4.79 Å². The van der Waals surface area contributed by atoms with E-state index in [2.05, 4.69) is 5.32 Å². The molecule has 2 heterocycles. The standard InChI is InChI=1S/C17H31N3O6Si/c1-10(22)16(18)7-8-20(14(24)19-16)13-17(25,12(23)11(9-21)26-13)27(5,6)15(2,3)4/h7-8,11-13,21,23,25H,9,18H2,1-6H3,(H,19,24)/t11-,12-,13-,16?,17+/m1/s1. The number of hydrogen-bond donors (Lipinski definition) is 5. The number of amides is 2. The number of ketones is 1. The highest BCUT2D eigenvalue weighted by Crippen LogP contribution is 2.50. The maximum atomic E-state index is 12.7. The van der Waals surface area contributed by atoms with Crippen molar-refractivity contribution in [3.8, 4) is 0 Å². The van der Waals surface area contributed by atoms with Crippen molar-refractivity contribution < 1.29 is 29.6 Å². The van der Waals surface area contributed by atoms with Crippen LogP contribution in [0.25, 0.3) is 0 Å². The van der Waals surface area contributed by atoms with E-state index in [0.717, 1.165) is 4.90 Å². The normalized spacial score (nSPS) is 37.5. The lowest BCUT2D eigenvalue weighted by Gasteiger charge is -2.52. The molecule has 2 rings (SSSR count). The second kappa shape index (κ2) is 6.64. The van der Waals surface area contributed by atoms with Crippen LogP contribution >= 0.6 is 0 Å². The van der Waals surface area contributed by atoms with E-state index in [-0.39, 0.29) is 5.04 Å². The number of carbonyl (C=O) groups is 2. The van der Waals surface area contributed by atoms with Crippen LogP contribution in [0.5, 0.6) is 0 Å². The van der Waals surface area contributed by atoms with Gasteiger partial charge in [0, 0.05) is 6.20 Å². The molecule has 2 amide bonds. The third-order valence-corrected chi connectivity index (χ3v) is 12.7. The summed E-state index contributed by atoms with van der Waals surface area (Å²) in [6.45, 7) is 10.4. The maximum absolute atomic E-state index is 12.7. The van der Waals surface area contributed by atoms with E-state index in [4.69, 9.17) is 10.5 Å². The summed E-state index contributed by atoms with van der Waals surface area (Å²) in [5.74, 6) is -0.452. The van der Waals surface area contributed by atoms with Crippen molar-refractivity contribution in [1.82, 2.24) is 10.2 Å². The van der Waals surface area contributed by atoms with Crippen LogP contribution in [-0.4, -0.2) is 76.0 Å². The van der Waals surface area contributed by atoms with Gasteiger partial charge in [0.2, 0.25) is 0 Å². The molecular weight excluding hydrogens is 370 g/mol. The number of aliphatic hydroxyl groups excluding tert-OH is 2. The van der Waals surface area contributed by atoms with Gasteiger partial charge in [-0.2, -0.15) is 0 Å². The van der Waals surface area contributed by atoms with E-state index >= 15 is 0 Å². The minimum Gasteiger partial charge on any atom is -0.394 e. The van der Waals surface area contributed by atoms with Crippen LogP contribution in [0.15, 0.2) is 12.3 Å². The van der Waals surface area contributed by atoms with Gasteiger partial charge in [-0.15, -0.1) is 0 Å². The van der Waals surface area contributed by atoms with Crippen molar-refractivity contribution in [2.45, 2.75) is 75.2 Å². The van der Waals surface area contributed by atoms with Gasteiger partial charge in [-0.25, -0.2) is 4.79 Å². The van der Waals surface area contributed by atoms with Gasteiger partial charge in [0.25, 0.3) is 0 Å². The SMILES string of the molecule is CC(=O)C1(N)C=CN([C@@H]2O[C@H](CO)[C@@H](O)[C@]2(O)[Si](C)(C)C(C)(C)C)C(=O)N1. The van der Waals surface area contributed by atoms with Gasteiger partial charge in [-0.1, -0.05) is 33.9 Å². The number of hydrogen-bond acceptors (Lipinski definition) is 7. The van der Waals surface area contributed by atoms with Crippen LogP contribution in [0.1, 0.15) is 27.7 Å². The van der Waals surface area contributed by atoms with Crippen molar-refractivity contribution in [1.29, 1.82) is 0 Å². The molecule has 2 aliphatic rings. The molecule has 0 saturated carbocycles. The molecule has 1 saturated heterocycles. The molecule has 2 aliphatic heterocycles. The zero-order valence-electron chi connectivity index (χ0n) is 16.7. The quantitative estimate of drug-likeness (QED) is 0.404. The Morgan fingerprint density at radius 2 is 2.00 bits per heavy atom. The fraction of sp³-hybridized carbons (Fsp3) is 0.765. The van der Waals surface area contributed by atoms with E-state index < -0.39 is 55.8 Å². The molecule has 0 aromatic rings. The van der Waals surface area contributed by atoms with Gasteiger partial charge < -0.3 is 25.4 Å². The van der Waals surface area contributed by atoms with Crippen molar-refractivity contribution >= 4 is 19.9 Å². The third-order valence-electron chi connectivity index (χ3n) is 6.42. The van der Waals surface area contributed by atoms with E-state index in [1.807, 2.05) is 33.9 Å². The first kappa shape index (κ1) is 22.0. The summed E-state index contributed by atoms with van der Waals surface area (Å²) in [6, 6.07) is -0.733. The number of Topliss-reactive ketones (excluding diaryl/α,β-unsaturated/α-hetero) is 1. The molecule has 1 unspecified atom stereocenters. The molecule has 0 radical (unpaired) electrons. The Bertz CT molecular complexity index is 664. The Labute approximate surface area is 160 Å². The monoisotopic (exact) mass is 401 g/mol. The summed E-state index contributed by atoms with van der Waals surface area (Å²) >= 11 is 0. The second-order valence-electron chi connectivity index (χ2n) is 8.93. The zero-order valence-corrected chi connectivity index (χ0v) is 17.7. The molecule has 0 bridgehead atoms.